The number of ether oxygens (including phenoxy) is 1. The minimum atomic E-state index is 0.0388. The normalized spacial score (nSPS) is 32.2. The van der Waals surface area contributed by atoms with Crippen molar-refractivity contribution in [3.8, 4) is 0 Å². The smallest absolute Gasteiger partial charge is 0.309 e. The van der Waals surface area contributed by atoms with Gasteiger partial charge in [0.05, 0.1) is 5.92 Å². The van der Waals surface area contributed by atoms with Crippen molar-refractivity contribution in [2.45, 2.75) is 49.1 Å². The predicted molar refractivity (Wildman–Crippen MR) is 92.2 cm³/mol. The van der Waals surface area contributed by atoms with E-state index in [4.69, 9.17) is 4.74 Å². The maximum atomic E-state index is 12.5. The van der Waals surface area contributed by atoms with Crippen LogP contribution in [0.5, 0.6) is 0 Å². The first-order chi connectivity index (χ1) is 10.3. The monoisotopic (exact) mass is 398 g/mol. The Bertz CT molecular complexity index is 473. The van der Waals surface area contributed by atoms with E-state index in [-0.39, 0.29) is 11.9 Å². The number of rotatable bonds is 4. The summed E-state index contributed by atoms with van der Waals surface area (Å²) in [4.78, 5) is 12.5. The van der Waals surface area contributed by atoms with Gasteiger partial charge in [0.15, 0.2) is 0 Å². The van der Waals surface area contributed by atoms with Crippen LogP contribution in [0, 0.1) is 17.8 Å². The molecule has 3 rings (SSSR count). The summed E-state index contributed by atoms with van der Waals surface area (Å²) < 4.78 is 6.36. The highest BCUT2D eigenvalue weighted by Crippen LogP contribution is 2.46. The number of esters is 1. The summed E-state index contributed by atoms with van der Waals surface area (Å²) in [5.41, 5.74) is 1.08. The molecule has 0 bridgehead atoms. The van der Waals surface area contributed by atoms with Gasteiger partial charge in [0.25, 0.3) is 0 Å². The fourth-order valence-corrected chi connectivity index (χ4v) is 5.39. The molecule has 4 unspecified atom stereocenters. The molecular formula is C18H23IO2. The average molecular weight is 398 g/mol. The van der Waals surface area contributed by atoms with Gasteiger partial charge in [-0.25, -0.2) is 0 Å². The maximum absolute atomic E-state index is 12.5. The molecule has 1 aromatic carbocycles. The van der Waals surface area contributed by atoms with E-state index in [1.165, 1.54) is 32.1 Å². The maximum Gasteiger partial charge on any atom is 0.309 e. The van der Waals surface area contributed by atoms with E-state index in [0.29, 0.717) is 12.5 Å². The summed E-state index contributed by atoms with van der Waals surface area (Å²) in [6.45, 7) is 0.418. The molecule has 2 nitrogen and oxygen atoms in total. The summed E-state index contributed by atoms with van der Waals surface area (Å²) >= 11 is 2.60. The number of hydrogen-bond acceptors (Lipinski definition) is 2. The molecule has 0 N–H and O–H groups in total. The molecule has 0 aromatic heterocycles. The van der Waals surface area contributed by atoms with E-state index in [0.717, 1.165) is 21.8 Å². The van der Waals surface area contributed by atoms with Gasteiger partial charge in [-0.3, -0.25) is 4.79 Å². The number of alkyl halides is 1. The van der Waals surface area contributed by atoms with Crippen molar-refractivity contribution in [1.82, 2.24) is 0 Å². The third-order valence-electron chi connectivity index (χ3n) is 5.13. The van der Waals surface area contributed by atoms with Crippen LogP contribution in [0.4, 0.5) is 0 Å². The first-order valence-corrected chi connectivity index (χ1v) is 9.35. The Kier molecular flexibility index (Phi) is 5.19. The van der Waals surface area contributed by atoms with Crippen LogP contribution in [0.2, 0.25) is 0 Å². The van der Waals surface area contributed by atoms with Gasteiger partial charge in [0.2, 0.25) is 0 Å². The quantitative estimate of drug-likeness (QED) is 0.416. The highest BCUT2D eigenvalue weighted by atomic mass is 127. The van der Waals surface area contributed by atoms with Crippen LogP contribution in [0.25, 0.3) is 0 Å². The highest BCUT2D eigenvalue weighted by molar-refractivity contribution is 14.1. The lowest BCUT2D eigenvalue weighted by Gasteiger charge is -2.26. The molecule has 21 heavy (non-hydrogen) atoms. The van der Waals surface area contributed by atoms with E-state index < -0.39 is 0 Å². The van der Waals surface area contributed by atoms with Crippen molar-refractivity contribution in [3.63, 3.8) is 0 Å². The molecule has 2 aliphatic carbocycles. The van der Waals surface area contributed by atoms with E-state index in [1.807, 2.05) is 30.3 Å². The molecular weight excluding hydrogens is 375 g/mol. The first-order valence-electron chi connectivity index (χ1n) is 8.10. The van der Waals surface area contributed by atoms with Crippen LogP contribution in [0.1, 0.15) is 44.1 Å². The van der Waals surface area contributed by atoms with Gasteiger partial charge in [0, 0.05) is 3.92 Å². The van der Waals surface area contributed by atoms with Crippen LogP contribution < -0.4 is 0 Å². The number of carbonyl (C=O) groups is 1. The Morgan fingerprint density at radius 1 is 1.05 bits per heavy atom. The zero-order valence-electron chi connectivity index (χ0n) is 12.3. The Labute approximate surface area is 140 Å². The Balaban J connectivity index is 1.58. The second-order valence-electron chi connectivity index (χ2n) is 6.41. The van der Waals surface area contributed by atoms with Crippen LogP contribution in [0.3, 0.4) is 0 Å². The molecule has 0 amide bonds. The molecule has 3 heteroatoms. The summed E-state index contributed by atoms with van der Waals surface area (Å²) in [6.07, 6.45) is 7.40. The summed E-state index contributed by atoms with van der Waals surface area (Å²) in [6, 6.07) is 9.98. The number of benzene rings is 1. The van der Waals surface area contributed by atoms with Crippen LogP contribution in [-0.2, 0) is 16.1 Å². The van der Waals surface area contributed by atoms with Crippen molar-refractivity contribution in [2.24, 2.45) is 17.8 Å². The van der Waals surface area contributed by atoms with Crippen molar-refractivity contribution in [2.75, 3.05) is 0 Å². The third-order valence-corrected chi connectivity index (χ3v) is 6.67. The van der Waals surface area contributed by atoms with Gasteiger partial charge < -0.3 is 4.74 Å². The van der Waals surface area contributed by atoms with Gasteiger partial charge in [-0.1, -0.05) is 65.8 Å². The van der Waals surface area contributed by atoms with Crippen molar-refractivity contribution in [3.05, 3.63) is 35.9 Å². The second kappa shape index (κ2) is 7.12. The van der Waals surface area contributed by atoms with E-state index in [9.17, 15) is 4.79 Å². The van der Waals surface area contributed by atoms with Crippen molar-refractivity contribution < 1.29 is 9.53 Å². The minimum Gasteiger partial charge on any atom is -0.461 e. The molecule has 1 aromatic rings. The molecule has 0 heterocycles. The first kappa shape index (κ1) is 15.3. The topological polar surface area (TPSA) is 26.3 Å². The fraction of sp³-hybridized carbons (Fsp3) is 0.611. The molecule has 0 aliphatic heterocycles. The predicted octanol–water partition coefficient (Wildman–Crippen LogP) is 4.75. The van der Waals surface area contributed by atoms with Crippen molar-refractivity contribution >= 4 is 28.6 Å². The highest BCUT2D eigenvalue weighted by Gasteiger charge is 2.42. The lowest BCUT2D eigenvalue weighted by atomic mass is 9.83. The van der Waals surface area contributed by atoms with Gasteiger partial charge in [-0.05, 0) is 43.1 Å². The minimum absolute atomic E-state index is 0.0388. The number of hydrogen-bond donors (Lipinski definition) is 0. The van der Waals surface area contributed by atoms with Gasteiger partial charge in [0.1, 0.15) is 6.61 Å². The summed E-state index contributed by atoms with van der Waals surface area (Å²) in [5, 5.41) is 0. The molecule has 2 saturated carbocycles. The fourth-order valence-electron chi connectivity index (χ4n) is 4.06. The van der Waals surface area contributed by atoms with Crippen LogP contribution in [-0.4, -0.2) is 9.89 Å². The lowest BCUT2D eigenvalue weighted by Crippen LogP contribution is -2.29. The Morgan fingerprint density at radius 3 is 2.48 bits per heavy atom. The zero-order valence-corrected chi connectivity index (χ0v) is 14.5. The van der Waals surface area contributed by atoms with Crippen molar-refractivity contribution in [1.29, 1.82) is 0 Å². The zero-order chi connectivity index (χ0) is 14.7. The van der Waals surface area contributed by atoms with Crippen LogP contribution >= 0.6 is 22.6 Å². The number of carbonyl (C=O) groups excluding carboxylic acids is 1. The standard InChI is InChI=1S/C18H23IO2/c19-17-11-5-9-15(17)14-8-4-10-16(14)18(20)21-12-13-6-2-1-3-7-13/h1-3,6-7,14-17H,4-5,8-12H2. The van der Waals surface area contributed by atoms with Gasteiger partial charge in [-0.2, -0.15) is 0 Å². The molecule has 0 spiro atoms. The average Bonchev–Trinajstić information content (AvgIpc) is 3.14. The van der Waals surface area contributed by atoms with Crippen LogP contribution in [0.15, 0.2) is 30.3 Å². The molecule has 0 radical (unpaired) electrons. The molecule has 0 saturated heterocycles. The molecule has 2 aliphatic rings. The molecule has 4 atom stereocenters. The Hall–Kier alpha value is -0.580. The van der Waals surface area contributed by atoms with E-state index in [2.05, 4.69) is 22.6 Å². The Morgan fingerprint density at radius 2 is 1.76 bits per heavy atom. The van der Waals surface area contributed by atoms with E-state index >= 15 is 0 Å². The van der Waals surface area contributed by atoms with E-state index in [1.54, 1.807) is 0 Å². The summed E-state index contributed by atoms with van der Waals surface area (Å²) in [5.74, 6) is 1.49. The second-order valence-corrected chi connectivity index (χ2v) is 8.01. The van der Waals surface area contributed by atoms with Gasteiger partial charge >= 0.3 is 5.97 Å². The SMILES string of the molecule is O=C(OCc1ccccc1)C1CCCC1C1CCCC1I. The number of halogens is 1. The lowest BCUT2D eigenvalue weighted by molar-refractivity contribution is -0.151. The third kappa shape index (κ3) is 3.61. The molecule has 114 valence electrons. The largest absolute Gasteiger partial charge is 0.461 e. The van der Waals surface area contributed by atoms with Gasteiger partial charge in [-0.15, -0.1) is 0 Å². The molecule has 2 fully saturated rings. The summed E-state index contributed by atoms with van der Waals surface area (Å²) in [7, 11) is 0.